The Labute approximate surface area is 131 Å². The topological polar surface area (TPSA) is 59.3 Å². The Morgan fingerprint density at radius 1 is 1.32 bits per heavy atom. The summed E-state index contributed by atoms with van der Waals surface area (Å²) in [6.45, 7) is 5.96. The van der Waals surface area contributed by atoms with Gasteiger partial charge in [-0.3, -0.25) is 4.79 Å². The molecule has 0 saturated carbocycles. The van der Waals surface area contributed by atoms with Crippen molar-refractivity contribution in [1.29, 1.82) is 0 Å². The third-order valence-corrected chi connectivity index (χ3v) is 4.92. The summed E-state index contributed by atoms with van der Waals surface area (Å²) in [4.78, 5) is 24.9. The van der Waals surface area contributed by atoms with E-state index in [4.69, 9.17) is 4.42 Å². The van der Waals surface area contributed by atoms with Gasteiger partial charge in [-0.2, -0.15) is 0 Å². The number of hydrogen-bond acceptors (Lipinski definition) is 4. The highest BCUT2D eigenvalue weighted by Gasteiger charge is 2.16. The van der Waals surface area contributed by atoms with Gasteiger partial charge in [0.05, 0.1) is 15.0 Å². The fourth-order valence-electron chi connectivity index (χ4n) is 2.32. The van der Waals surface area contributed by atoms with Gasteiger partial charge in [-0.25, -0.2) is 4.79 Å². The van der Waals surface area contributed by atoms with E-state index < -0.39 is 5.63 Å². The van der Waals surface area contributed by atoms with Gasteiger partial charge in [0, 0.05) is 11.4 Å². The van der Waals surface area contributed by atoms with Crippen LogP contribution in [-0.2, 0) is 0 Å². The molecule has 2 aromatic heterocycles. The molecule has 1 aromatic carbocycles. The minimum Gasteiger partial charge on any atom is -0.422 e. The van der Waals surface area contributed by atoms with Crippen molar-refractivity contribution < 1.29 is 9.21 Å². The number of fused-ring (bicyclic) bond motifs is 3. The minimum absolute atomic E-state index is 0.105. The molecule has 2 heterocycles. The first-order valence-electron chi connectivity index (χ1n) is 7.27. The molecule has 1 amide bonds. The third-order valence-electron chi connectivity index (χ3n) is 3.75. The number of hydrogen-bond donors (Lipinski definition) is 1. The Morgan fingerprint density at radius 3 is 2.82 bits per heavy atom. The van der Waals surface area contributed by atoms with Crippen LogP contribution in [0.1, 0.15) is 35.5 Å². The lowest BCUT2D eigenvalue weighted by atomic mass is 10.1. The monoisotopic (exact) mass is 315 g/mol. The number of carbonyl (C=O) groups is 1. The first kappa shape index (κ1) is 14.8. The molecule has 0 spiro atoms. The normalized spacial score (nSPS) is 12.7. The Balaban J connectivity index is 2.18. The van der Waals surface area contributed by atoms with E-state index in [2.05, 4.69) is 5.32 Å². The molecule has 0 aliphatic rings. The van der Waals surface area contributed by atoms with Crippen LogP contribution in [0.25, 0.3) is 21.1 Å². The lowest BCUT2D eigenvalue weighted by Gasteiger charge is -2.09. The summed E-state index contributed by atoms with van der Waals surface area (Å²) in [5.74, 6) is -0.143. The molecule has 0 bridgehead atoms. The van der Waals surface area contributed by atoms with Crippen molar-refractivity contribution >= 4 is 38.3 Å². The number of amides is 1. The molecule has 5 heteroatoms. The summed E-state index contributed by atoms with van der Waals surface area (Å²) in [7, 11) is 0. The van der Waals surface area contributed by atoms with Gasteiger partial charge in [0.25, 0.3) is 5.91 Å². The summed E-state index contributed by atoms with van der Waals surface area (Å²) in [6.07, 6.45) is 0.862. The van der Waals surface area contributed by atoms with E-state index in [1.165, 1.54) is 11.3 Å². The Kier molecular flexibility index (Phi) is 3.74. The van der Waals surface area contributed by atoms with Crippen molar-refractivity contribution in [2.24, 2.45) is 0 Å². The molecule has 1 N–H and O–H groups in total. The van der Waals surface area contributed by atoms with E-state index in [0.29, 0.717) is 15.8 Å². The molecular weight excluding hydrogens is 298 g/mol. The van der Waals surface area contributed by atoms with Crippen LogP contribution < -0.4 is 10.9 Å². The number of rotatable bonds is 3. The van der Waals surface area contributed by atoms with E-state index in [-0.39, 0.29) is 11.9 Å². The summed E-state index contributed by atoms with van der Waals surface area (Å²) >= 11 is 1.34. The summed E-state index contributed by atoms with van der Waals surface area (Å²) < 4.78 is 6.15. The smallest absolute Gasteiger partial charge is 0.345 e. The fraction of sp³-hybridized carbons (Fsp3) is 0.294. The van der Waals surface area contributed by atoms with Crippen LogP contribution in [0.3, 0.4) is 0 Å². The molecule has 1 atom stereocenters. The van der Waals surface area contributed by atoms with Gasteiger partial charge in [0.2, 0.25) is 0 Å². The molecule has 114 valence electrons. The van der Waals surface area contributed by atoms with Gasteiger partial charge in [0.15, 0.2) is 0 Å². The van der Waals surface area contributed by atoms with Gasteiger partial charge in [-0.15, -0.1) is 11.3 Å². The Hall–Kier alpha value is -2.14. The molecule has 0 aliphatic carbocycles. The SMILES string of the molecule is CC[C@H](C)NC(=O)c1cc2c(=O)oc3ccc(C)cc3c2s1. The maximum Gasteiger partial charge on any atom is 0.345 e. The zero-order valence-electron chi connectivity index (χ0n) is 12.7. The first-order chi connectivity index (χ1) is 10.5. The molecule has 3 rings (SSSR count). The maximum atomic E-state index is 12.3. The van der Waals surface area contributed by atoms with E-state index in [1.807, 2.05) is 32.9 Å². The summed E-state index contributed by atoms with van der Waals surface area (Å²) in [5.41, 5.74) is 1.24. The average molecular weight is 315 g/mol. The minimum atomic E-state index is -0.398. The van der Waals surface area contributed by atoms with Crippen LogP contribution in [0.4, 0.5) is 0 Å². The van der Waals surface area contributed by atoms with Gasteiger partial charge in [-0.05, 0) is 38.5 Å². The highest BCUT2D eigenvalue weighted by Crippen LogP contribution is 2.31. The number of benzene rings is 1. The van der Waals surface area contributed by atoms with Crippen molar-refractivity contribution in [2.75, 3.05) is 0 Å². The van der Waals surface area contributed by atoms with Crippen molar-refractivity contribution in [3.8, 4) is 0 Å². The molecule has 0 aliphatic heterocycles. The zero-order chi connectivity index (χ0) is 15.9. The molecule has 0 fully saturated rings. The van der Waals surface area contributed by atoms with Crippen molar-refractivity contribution in [3.05, 3.63) is 45.1 Å². The predicted octanol–water partition coefficient (Wildman–Crippen LogP) is 3.84. The first-order valence-corrected chi connectivity index (χ1v) is 8.09. The number of aryl methyl sites for hydroxylation is 1. The van der Waals surface area contributed by atoms with Crippen LogP contribution in [0.5, 0.6) is 0 Å². The highest BCUT2D eigenvalue weighted by molar-refractivity contribution is 7.21. The van der Waals surface area contributed by atoms with Gasteiger partial charge in [0.1, 0.15) is 5.58 Å². The molecule has 3 aromatic rings. The Morgan fingerprint density at radius 2 is 2.09 bits per heavy atom. The van der Waals surface area contributed by atoms with Crippen LogP contribution in [0, 0.1) is 6.92 Å². The molecule has 0 radical (unpaired) electrons. The van der Waals surface area contributed by atoms with E-state index in [0.717, 1.165) is 22.1 Å². The lowest BCUT2D eigenvalue weighted by molar-refractivity contribution is 0.0943. The quantitative estimate of drug-likeness (QED) is 0.747. The molecule has 0 unspecified atom stereocenters. The lowest BCUT2D eigenvalue weighted by Crippen LogP contribution is -2.31. The fourth-order valence-corrected chi connectivity index (χ4v) is 3.39. The van der Waals surface area contributed by atoms with Crippen LogP contribution in [0.15, 0.2) is 33.5 Å². The highest BCUT2D eigenvalue weighted by atomic mass is 32.1. The third kappa shape index (κ3) is 2.52. The molecular formula is C17H17NO3S. The summed E-state index contributed by atoms with van der Waals surface area (Å²) in [5, 5.41) is 4.27. The predicted molar refractivity (Wildman–Crippen MR) is 89.8 cm³/mol. The summed E-state index contributed by atoms with van der Waals surface area (Å²) in [6, 6.07) is 7.41. The maximum absolute atomic E-state index is 12.3. The number of thiophene rings is 1. The second kappa shape index (κ2) is 5.57. The molecule has 22 heavy (non-hydrogen) atoms. The second-order valence-corrected chi connectivity index (χ2v) is 6.58. The second-order valence-electron chi connectivity index (χ2n) is 5.53. The van der Waals surface area contributed by atoms with Gasteiger partial charge < -0.3 is 9.73 Å². The molecule has 4 nitrogen and oxygen atoms in total. The van der Waals surface area contributed by atoms with E-state index in [9.17, 15) is 9.59 Å². The average Bonchev–Trinajstić information content (AvgIpc) is 2.94. The number of nitrogens with one attached hydrogen (secondary N) is 1. The largest absolute Gasteiger partial charge is 0.422 e. The van der Waals surface area contributed by atoms with Gasteiger partial charge >= 0.3 is 5.63 Å². The number of carbonyl (C=O) groups excluding carboxylic acids is 1. The zero-order valence-corrected chi connectivity index (χ0v) is 13.5. The van der Waals surface area contributed by atoms with E-state index >= 15 is 0 Å². The van der Waals surface area contributed by atoms with Crippen LogP contribution in [-0.4, -0.2) is 11.9 Å². The Bertz CT molecular complexity index is 923. The van der Waals surface area contributed by atoms with Crippen molar-refractivity contribution in [2.45, 2.75) is 33.2 Å². The standard InChI is InChI=1S/C17H17NO3S/c1-4-10(3)18-16(19)14-8-12-15(22-14)11-7-9(2)5-6-13(11)21-17(12)20/h5-8,10H,4H2,1-3H3,(H,18,19)/t10-/m0/s1. The van der Waals surface area contributed by atoms with Crippen molar-refractivity contribution in [1.82, 2.24) is 5.32 Å². The van der Waals surface area contributed by atoms with Crippen molar-refractivity contribution in [3.63, 3.8) is 0 Å². The van der Waals surface area contributed by atoms with Crippen LogP contribution in [0.2, 0.25) is 0 Å². The van der Waals surface area contributed by atoms with E-state index in [1.54, 1.807) is 12.1 Å². The van der Waals surface area contributed by atoms with Crippen LogP contribution >= 0.6 is 11.3 Å². The molecule has 0 saturated heterocycles. The van der Waals surface area contributed by atoms with Gasteiger partial charge in [-0.1, -0.05) is 18.6 Å².